The van der Waals surface area contributed by atoms with Gasteiger partial charge in [-0.05, 0) is 41.5 Å². The predicted molar refractivity (Wildman–Crippen MR) is 106 cm³/mol. The van der Waals surface area contributed by atoms with Gasteiger partial charge < -0.3 is 19.7 Å². The van der Waals surface area contributed by atoms with Gasteiger partial charge in [-0.25, -0.2) is 4.79 Å². The molecular weight excluding hydrogens is 392 g/mol. The summed E-state index contributed by atoms with van der Waals surface area (Å²) < 4.78 is 10.0. The van der Waals surface area contributed by atoms with E-state index in [1.54, 1.807) is 42.5 Å². The van der Waals surface area contributed by atoms with Crippen LogP contribution in [0.2, 0.25) is 0 Å². The summed E-state index contributed by atoms with van der Waals surface area (Å²) in [5, 5.41) is 17.1. The average molecular weight is 412 g/mol. The highest BCUT2D eigenvalue weighted by Crippen LogP contribution is 2.14. The number of carboxylic acids is 2. The van der Waals surface area contributed by atoms with Crippen LogP contribution >= 0.6 is 0 Å². The number of hydrogen-bond donors (Lipinski definition) is 2. The lowest BCUT2D eigenvalue weighted by atomic mass is 10.1. The molecule has 2 aromatic carbocycles. The van der Waals surface area contributed by atoms with Gasteiger partial charge in [0.2, 0.25) is 0 Å². The van der Waals surface area contributed by atoms with Crippen LogP contribution in [0.5, 0.6) is 5.75 Å². The minimum absolute atomic E-state index is 0.0394. The molecule has 0 aliphatic heterocycles. The minimum Gasteiger partial charge on any atom is -0.482 e. The van der Waals surface area contributed by atoms with Gasteiger partial charge in [0, 0.05) is 5.56 Å². The fourth-order valence-electron chi connectivity index (χ4n) is 2.30. The Labute approximate surface area is 172 Å². The summed E-state index contributed by atoms with van der Waals surface area (Å²) >= 11 is 0. The second-order valence-corrected chi connectivity index (χ2v) is 6.20. The molecule has 2 N–H and O–H groups in total. The van der Waals surface area contributed by atoms with Crippen molar-refractivity contribution in [1.29, 1.82) is 0 Å². The van der Waals surface area contributed by atoms with E-state index in [0.29, 0.717) is 11.3 Å². The summed E-state index contributed by atoms with van der Waals surface area (Å²) in [4.78, 5) is 44.5. The molecule has 0 aliphatic rings. The van der Waals surface area contributed by atoms with Gasteiger partial charge in [0.15, 0.2) is 12.4 Å². The summed E-state index contributed by atoms with van der Waals surface area (Å²) in [7, 11) is 0. The lowest BCUT2D eigenvalue weighted by Crippen LogP contribution is -2.09. The molecule has 0 bridgehead atoms. The second kappa shape index (κ2) is 11.2. The van der Waals surface area contributed by atoms with Gasteiger partial charge in [0.05, 0.1) is 12.8 Å². The zero-order chi connectivity index (χ0) is 21.9. The molecule has 30 heavy (non-hydrogen) atoms. The highest BCUT2D eigenvalue weighted by Gasteiger charge is 2.07. The average Bonchev–Trinajstić information content (AvgIpc) is 2.74. The zero-order valence-corrected chi connectivity index (χ0v) is 15.9. The third-order valence-electron chi connectivity index (χ3n) is 3.85. The maximum atomic E-state index is 12.2. The van der Waals surface area contributed by atoms with Crippen LogP contribution in [0.4, 0.5) is 0 Å². The Hall–Kier alpha value is -3.94. The highest BCUT2D eigenvalue weighted by atomic mass is 16.5. The molecule has 0 unspecified atom stereocenters. The lowest BCUT2D eigenvalue weighted by molar-refractivity contribution is -0.148. The van der Waals surface area contributed by atoms with Crippen molar-refractivity contribution in [1.82, 2.24) is 0 Å². The van der Waals surface area contributed by atoms with Gasteiger partial charge in [0.1, 0.15) is 12.4 Å². The molecule has 0 aromatic heterocycles. The van der Waals surface area contributed by atoms with Crippen LogP contribution in [0.25, 0.3) is 6.08 Å². The molecule has 0 atom stereocenters. The first-order valence-electron chi connectivity index (χ1n) is 8.97. The lowest BCUT2D eigenvalue weighted by Gasteiger charge is -2.05. The van der Waals surface area contributed by atoms with Gasteiger partial charge in [-0.1, -0.05) is 30.3 Å². The van der Waals surface area contributed by atoms with Crippen LogP contribution in [0, 0.1) is 0 Å². The summed E-state index contributed by atoms with van der Waals surface area (Å²) in [6.45, 7) is -0.414. The van der Waals surface area contributed by atoms with E-state index >= 15 is 0 Å². The smallest absolute Gasteiger partial charge is 0.341 e. The van der Waals surface area contributed by atoms with Crippen LogP contribution in [-0.2, 0) is 25.7 Å². The topological polar surface area (TPSA) is 127 Å². The van der Waals surface area contributed by atoms with Crippen molar-refractivity contribution in [2.24, 2.45) is 0 Å². The van der Waals surface area contributed by atoms with Crippen LogP contribution in [0.3, 0.4) is 0 Å². The number of esters is 1. The molecule has 0 saturated heterocycles. The van der Waals surface area contributed by atoms with Crippen molar-refractivity contribution in [3.63, 3.8) is 0 Å². The largest absolute Gasteiger partial charge is 0.482 e. The molecule has 8 heteroatoms. The fraction of sp³-hybridized carbons (Fsp3) is 0.182. The van der Waals surface area contributed by atoms with Gasteiger partial charge in [-0.15, -0.1) is 0 Å². The van der Waals surface area contributed by atoms with Crippen LogP contribution in [0.15, 0.2) is 54.6 Å². The number of carbonyl (C=O) groups excluding carboxylic acids is 2. The molecule has 0 heterocycles. The second-order valence-electron chi connectivity index (χ2n) is 6.20. The first kappa shape index (κ1) is 22.4. The van der Waals surface area contributed by atoms with E-state index in [1.807, 2.05) is 0 Å². The molecule has 0 amide bonds. The summed E-state index contributed by atoms with van der Waals surface area (Å²) in [5.41, 5.74) is 1.93. The SMILES string of the molecule is O=C(O)CCC(=O)OCc1ccc(C=CC(=O)c2ccc(OCC(=O)O)cc2)cc1. The van der Waals surface area contributed by atoms with Gasteiger partial charge >= 0.3 is 17.9 Å². The first-order chi connectivity index (χ1) is 14.3. The standard InChI is InChI=1S/C22H20O8/c23-19(17-6-8-18(9-7-17)29-14-21(26)27)10-5-15-1-3-16(4-2-15)13-30-22(28)12-11-20(24)25/h1-10H,11-14H2,(H,24,25)(H,26,27). The Morgan fingerprint density at radius 1 is 0.833 bits per heavy atom. The number of carbonyl (C=O) groups is 4. The van der Waals surface area contributed by atoms with Gasteiger partial charge in [0.25, 0.3) is 0 Å². The maximum Gasteiger partial charge on any atom is 0.341 e. The van der Waals surface area contributed by atoms with Gasteiger partial charge in [-0.2, -0.15) is 0 Å². The third kappa shape index (κ3) is 7.97. The molecule has 0 aliphatic carbocycles. The molecule has 0 saturated carbocycles. The number of allylic oxidation sites excluding steroid dienone is 1. The summed E-state index contributed by atoms with van der Waals surface area (Å²) in [5.74, 6) is -2.58. The maximum absolute atomic E-state index is 12.2. The van der Waals surface area contributed by atoms with E-state index in [-0.39, 0.29) is 25.2 Å². The van der Waals surface area contributed by atoms with Crippen molar-refractivity contribution < 1.29 is 38.9 Å². The van der Waals surface area contributed by atoms with Crippen LogP contribution in [0.1, 0.15) is 34.3 Å². The Bertz CT molecular complexity index is 927. The van der Waals surface area contributed by atoms with Crippen molar-refractivity contribution in [3.05, 3.63) is 71.3 Å². The Morgan fingerprint density at radius 2 is 1.50 bits per heavy atom. The van der Waals surface area contributed by atoms with E-state index in [0.717, 1.165) is 11.1 Å². The third-order valence-corrected chi connectivity index (χ3v) is 3.85. The van der Waals surface area contributed by atoms with Crippen molar-refractivity contribution in [2.45, 2.75) is 19.4 Å². The number of ketones is 1. The Balaban J connectivity index is 1.85. The van der Waals surface area contributed by atoms with E-state index in [2.05, 4.69) is 0 Å². The molecule has 8 nitrogen and oxygen atoms in total. The number of hydrogen-bond acceptors (Lipinski definition) is 6. The van der Waals surface area contributed by atoms with E-state index in [9.17, 15) is 19.2 Å². The minimum atomic E-state index is -1.08. The number of ether oxygens (including phenoxy) is 2. The normalized spacial score (nSPS) is 10.5. The summed E-state index contributed by atoms with van der Waals surface area (Å²) in [6.07, 6.45) is 2.60. The molecule has 2 aromatic rings. The van der Waals surface area contributed by atoms with Gasteiger partial charge in [-0.3, -0.25) is 14.4 Å². The fourth-order valence-corrected chi connectivity index (χ4v) is 2.30. The summed E-state index contributed by atoms with van der Waals surface area (Å²) in [6, 6.07) is 13.1. The first-order valence-corrected chi connectivity index (χ1v) is 8.97. The molecular formula is C22H20O8. The highest BCUT2D eigenvalue weighted by molar-refractivity contribution is 6.06. The number of benzene rings is 2. The number of aliphatic carboxylic acids is 2. The molecule has 0 spiro atoms. The Kier molecular flexibility index (Phi) is 8.31. The van der Waals surface area contributed by atoms with E-state index in [1.165, 1.54) is 18.2 Å². The van der Waals surface area contributed by atoms with Crippen molar-refractivity contribution in [3.8, 4) is 5.75 Å². The number of rotatable bonds is 11. The Morgan fingerprint density at radius 3 is 2.10 bits per heavy atom. The van der Waals surface area contributed by atoms with E-state index in [4.69, 9.17) is 19.7 Å². The molecule has 156 valence electrons. The van der Waals surface area contributed by atoms with Crippen molar-refractivity contribution in [2.75, 3.05) is 6.61 Å². The molecule has 0 radical (unpaired) electrons. The molecule has 2 rings (SSSR count). The van der Waals surface area contributed by atoms with E-state index < -0.39 is 24.5 Å². The quantitative estimate of drug-likeness (QED) is 0.328. The van der Waals surface area contributed by atoms with Crippen molar-refractivity contribution >= 4 is 29.8 Å². The monoisotopic (exact) mass is 412 g/mol. The predicted octanol–water partition coefficient (Wildman–Crippen LogP) is 2.95. The number of carboxylic acid groups (broad SMARTS) is 2. The van der Waals surface area contributed by atoms with Crippen LogP contribution < -0.4 is 4.74 Å². The molecule has 0 fully saturated rings. The zero-order valence-electron chi connectivity index (χ0n) is 15.9. The van der Waals surface area contributed by atoms with Crippen LogP contribution in [-0.4, -0.2) is 40.5 Å².